The molecule has 4 nitrogen and oxygen atoms in total. The van der Waals surface area contributed by atoms with Gasteiger partial charge >= 0.3 is 0 Å². The Labute approximate surface area is 150 Å². The maximum Gasteiger partial charge on any atom is 0.222 e. The number of benzene rings is 2. The van der Waals surface area contributed by atoms with E-state index in [1.54, 1.807) is 7.11 Å². The van der Waals surface area contributed by atoms with E-state index in [0.29, 0.717) is 6.42 Å². The van der Waals surface area contributed by atoms with Crippen molar-refractivity contribution in [3.05, 3.63) is 64.7 Å². The van der Waals surface area contributed by atoms with Crippen LogP contribution in [0, 0.1) is 13.8 Å². The summed E-state index contributed by atoms with van der Waals surface area (Å²) in [5.41, 5.74) is 10.4. The summed E-state index contributed by atoms with van der Waals surface area (Å²) in [6.07, 6.45) is 1.04. The fourth-order valence-corrected chi connectivity index (χ4v) is 3.08. The molecule has 0 heterocycles. The summed E-state index contributed by atoms with van der Waals surface area (Å²) in [6.45, 7) is 6.02. The molecule has 0 bridgehead atoms. The van der Waals surface area contributed by atoms with E-state index in [1.807, 2.05) is 31.2 Å². The lowest BCUT2D eigenvalue weighted by molar-refractivity contribution is -0.122. The second-order valence-electron chi connectivity index (χ2n) is 6.78. The number of carbonyl (C=O) groups excluding carboxylic acids is 1. The van der Waals surface area contributed by atoms with Crippen molar-refractivity contribution in [3.63, 3.8) is 0 Å². The van der Waals surface area contributed by atoms with Crippen LogP contribution in [0.5, 0.6) is 5.75 Å². The fraction of sp³-hybridized carbons (Fsp3) is 0.381. The molecule has 2 unspecified atom stereocenters. The number of methoxy groups -OCH3 is 1. The highest BCUT2D eigenvalue weighted by Crippen LogP contribution is 2.24. The monoisotopic (exact) mass is 340 g/mol. The molecule has 3 N–H and O–H groups in total. The number of ether oxygens (including phenoxy) is 1. The van der Waals surface area contributed by atoms with Crippen LogP contribution < -0.4 is 15.8 Å². The van der Waals surface area contributed by atoms with Crippen LogP contribution in [0.15, 0.2) is 42.5 Å². The third kappa shape index (κ3) is 5.91. The van der Waals surface area contributed by atoms with Gasteiger partial charge in [-0.05, 0) is 50.5 Å². The van der Waals surface area contributed by atoms with Crippen LogP contribution >= 0.6 is 0 Å². The van der Waals surface area contributed by atoms with Gasteiger partial charge in [0, 0.05) is 12.5 Å². The molecule has 0 aliphatic carbocycles. The first-order valence-electron chi connectivity index (χ1n) is 8.63. The van der Waals surface area contributed by atoms with E-state index in [9.17, 15) is 4.79 Å². The number of amides is 1. The first-order chi connectivity index (χ1) is 11.9. The van der Waals surface area contributed by atoms with Crippen LogP contribution in [-0.4, -0.2) is 19.1 Å². The molecule has 0 saturated heterocycles. The van der Waals surface area contributed by atoms with Gasteiger partial charge in [0.25, 0.3) is 0 Å². The molecule has 4 heteroatoms. The minimum atomic E-state index is -0.160. The number of aryl methyl sites for hydroxylation is 2. The van der Waals surface area contributed by atoms with Gasteiger partial charge in [0.1, 0.15) is 5.75 Å². The van der Waals surface area contributed by atoms with Gasteiger partial charge in [0.2, 0.25) is 5.91 Å². The van der Waals surface area contributed by atoms with Gasteiger partial charge in [-0.1, -0.05) is 41.5 Å². The van der Waals surface area contributed by atoms with Crippen molar-refractivity contribution in [3.8, 4) is 5.75 Å². The third-order valence-electron chi connectivity index (χ3n) is 4.06. The van der Waals surface area contributed by atoms with Gasteiger partial charge in [-0.15, -0.1) is 0 Å². The van der Waals surface area contributed by atoms with Crippen molar-refractivity contribution in [2.75, 3.05) is 7.11 Å². The van der Waals surface area contributed by atoms with E-state index in [-0.39, 0.29) is 18.0 Å². The van der Waals surface area contributed by atoms with Crippen LogP contribution in [-0.2, 0) is 11.2 Å². The summed E-state index contributed by atoms with van der Waals surface area (Å²) in [5, 5.41) is 3.13. The Hall–Kier alpha value is -2.33. The Kier molecular flexibility index (Phi) is 6.59. The Morgan fingerprint density at radius 2 is 1.84 bits per heavy atom. The van der Waals surface area contributed by atoms with Crippen molar-refractivity contribution in [1.29, 1.82) is 0 Å². The molecule has 0 saturated carbocycles. The maximum atomic E-state index is 12.3. The minimum Gasteiger partial charge on any atom is -0.497 e. The highest BCUT2D eigenvalue weighted by molar-refractivity contribution is 5.77. The molecule has 2 aromatic rings. The molecule has 25 heavy (non-hydrogen) atoms. The van der Waals surface area contributed by atoms with E-state index < -0.39 is 0 Å². The summed E-state index contributed by atoms with van der Waals surface area (Å²) in [5.74, 6) is 0.747. The average Bonchev–Trinajstić information content (AvgIpc) is 2.52. The predicted molar refractivity (Wildman–Crippen MR) is 102 cm³/mol. The Morgan fingerprint density at radius 3 is 2.44 bits per heavy atom. The van der Waals surface area contributed by atoms with Gasteiger partial charge in [-0.2, -0.15) is 0 Å². The second kappa shape index (κ2) is 8.67. The number of carbonyl (C=O) groups is 1. The standard InChI is InChI=1S/C21H28N2O2/c1-14-8-15(2)10-17(9-14)12-20(23-21(24)11-16(3)22)18-6-5-7-19(13-18)25-4/h5-10,13,16,20H,11-12,22H2,1-4H3,(H,23,24). The fourth-order valence-electron chi connectivity index (χ4n) is 3.08. The Bertz CT molecular complexity index is 705. The number of nitrogens with two attached hydrogens (primary N) is 1. The van der Waals surface area contributed by atoms with Gasteiger partial charge in [-0.3, -0.25) is 4.79 Å². The van der Waals surface area contributed by atoms with Crippen LogP contribution in [0.25, 0.3) is 0 Å². The van der Waals surface area contributed by atoms with Crippen molar-refractivity contribution in [2.45, 2.75) is 45.7 Å². The predicted octanol–water partition coefficient (Wildman–Crippen LogP) is 3.45. The molecule has 134 valence electrons. The molecule has 2 aromatic carbocycles. The number of nitrogens with one attached hydrogen (secondary N) is 1. The molecule has 0 spiro atoms. The normalized spacial score (nSPS) is 13.2. The summed E-state index contributed by atoms with van der Waals surface area (Å²) >= 11 is 0. The van der Waals surface area contributed by atoms with Crippen LogP contribution in [0.4, 0.5) is 0 Å². The molecule has 0 radical (unpaired) electrons. The molecule has 2 rings (SSSR count). The molecule has 2 atom stereocenters. The highest BCUT2D eigenvalue weighted by Gasteiger charge is 2.17. The van der Waals surface area contributed by atoms with Gasteiger partial charge in [-0.25, -0.2) is 0 Å². The summed E-state index contributed by atoms with van der Waals surface area (Å²) < 4.78 is 5.33. The maximum absolute atomic E-state index is 12.3. The summed E-state index contributed by atoms with van der Waals surface area (Å²) in [4.78, 5) is 12.3. The number of hydrogen-bond donors (Lipinski definition) is 2. The van der Waals surface area contributed by atoms with Gasteiger partial charge < -0.3 is 15.8 Å². The first-order valence-corrected chi connectivity index (χ1v) is 8.63. The number of rotatable bonds is 7. The molecule has 1 amide bonds. The second-order valence-corrected chi connectivity index (χ2v) is 6.78. The Balaban J connectivity index is 2.28. The molecule has 0 aliphatic rings. The quantitative estimate of drug-likeness (QED) is 0.811. The highest BCUT2D eigenvalue weighted by atomic mass is 16.5. The van der Waals surface area contributed by atoms with E-state index in [1.165, 1.54) is 16.7 Å². The van der Waals surface area contributed by atoms with Crippen LogP contribution in [0.3, 0.4) is 0 Å². The van der Waals surface area contributed by atoms with Crippen LogP contribution in [0.1, 0.15) is 41.6 Å². The average molecular weight is 340 g/mol. The summed E-state index contributed by atoms with van der Waals surface area (Å²) in [6, 6.07) is 14.0. The molecular weight excluding hydrogens is 312 g/mol. The lowest BCUT2D eigenvalue weighted by Gasteiger charge is -2.21. The molecular formula is C21H28N2O2. The first kappa shape index (κ1) is 19.0. The van der Waals surface area contributed by atoms with Crippen LogP contribution in [0.2, 0.25) is 0 Å². The van der Waals surface area contributed by atoms with E-state index in [2.05, 4.69) is 37.4 Å². The smallest absolute Gasteiger partial charge is 0.222 e. The van der Waals surface area contributed by atoms with E-state index >= 15 is 0 Å². The topological polar surface area (TPSA) is 64.3 Å². The van der Waals surface area contributed by atoms with Crippen molar-refractivity contribution < 1.29 is 9.53 Å². The molecule has 0 aromatic heterocycles. The zero-order valence-corrected chi connectivity index (χ0v) is 15.5. The van der Waals surface area contributed by atoms with Gasteiger partial charge in [0.15, 0.2) is 0 Å². The molecule has 0 fully saturated rings. The zero-order chi connectivity index (χ0) is 18.4. The van der Waals surface area contributed by atoms with E-state index in [4.69, 9.17) is 10.5 Å². The third-order valence-corrected chi connectivity index (χ3v) is 4.06. The van der Waals surface area contributed by atoms with Crippen molar-refractivity contribution >= 4 is 5.91 Å². The zero-order valence-electron chi connectivity index (χ0n) is 15.5. The van der Waals surface area contributed by atoms with Crippen molar-refractivity contribution in [1.82, 2.24) is 5.32 Å². The SMILES string of the molecule is COc1cccc(C(Cc2cc(C)cc(C)c2)NC(=O)CC(C)N)c1. The lowest BCUT2D eigenvalue weighted by atomic mass is 9.96. The summed E-state index contributed by atoms with van der Waals surface area (Å²) in [7, 11) is 1.65. The van der Waals surface area contributed by atoms with E-state index in [0.717, 1.165) is 17.7 Å². The minimum absolute atomic E-state index is 0.0350. The largest absolute Gasteiger partial charge is 0.497 e. The van der Waals surface area contributed by atoms with Crippen molar-refractivity contribution in [2.24, 2.45) is 5.73 Å². The molecule has 0 aliphatic heterocycles. The lowest BCUT2D eigenvalue weighted by Crippen LogP contribution is -2.33. The Morgan fingerprint density at radius 1 is 1.16 bits per heavy atom. The number of hydrogen-bond acceptors (Lipinski definition) is 3. The van der Waals surface area contributed by atoms with Gasteiger partial charge in [0.05, 0.1) is 13.2 Å².